The molecule has 11 heavy (non-hydrogen) atoms. The highest BCUT2D eigenvalue weighted by Crippen LogP contribution is 2.23. The second-order valence-corrected chi connectivity index (χ2v) is 4.08. The molecule has 0 saturated heterocycles. The van der Waals surface area contributed by atoms with Gasteiger partial charge < -0.3 is 0 Å². The van der Waals surface area contributed by atoms with E-state index in [0.29, 0.717) is 11.4 Å². The highest BCUT2D eigenvalue weighted by molar-refractivity contribution is 7.92. The summed E-state index contributed by atoms with van der Waals surface area (Å²) < 4.78 is 24.3. The Morgan fingerprint density at radius 1 is 1.55 bits per heavy atom. The van der Waals surface area contributed by atoms with E-state index < -0.39 is 10.0 Å². The zero-order chi connectivity index (χ0) is 7.90. The summed E-state index contributed by atoms with van der Waals surface area (Å²) in [5.41, 5.74) is 1.21. The summed E-state index contributed by atoms with van der Waals surface area (Å²) >= 11 is 0. The third-order valence-electron chi connectivity index (χ3n) is 1.48. The average Bonchev–Trinajstić information content (AvgIpc) is 2.21. The second kappa shape index (κ2) is 1.94. The Morgan fingerprint density at radius 2 is 2.36 bits per heavy atom. The summed E-state index contributed by atoms with van der Waals surface area (Å²) in [6, 6.07) is 3.40. The standard InChI is InChI=1S/C6H6N2O2S/c9-11(10)4-6-5(8-11)2-1-3-7-6/h1-3,8H,4H2. The van der Waals surface area contributed by atoms with Gasteiger partial charge in [0.05, 0.1) is 11.4 Å². The van der Waals surface area contributed by atoms with Crippen LogP contribution in [-0.4, -0.2) is 13.4 Å². The van der Waals surface area contributed by atoms with Gasteiger partial charge in [0.15, 0.2) is 0 Å². The first kappa shape index (κ1) is 6.60. The molecule has 0 aliphatic carbocycles. The van der Waals surface area contributed by atoms with Gasteiger partial charge in [0, 0.05) is 6.20 Å². The molecule has 1 aliphatic heterocycles. The summed E-state index contributed by atoms with van der Waals surface area (Å²) in [4.78, 5) is 3.91. The molecule has 0 radical (unpaired) electrons. The normalized spacial score (nSPS) is 18.9. The van der Waals surface area contributed by atoms with Gasteiger partial charge >= 0.3 is 0 Å². The number of rotatable bonds is 0. The van der Waals surface area contributed by atoms with Crippen molar-refractivity contribution >= 4 is 15.7 Å². The quantitative estimate of drug-likeness (QED) is 0.610. The van der Waals surface area contributed by atoms with Crippen LogP contribution >= 0.6 is 0 Å². The van der Waals surface area contributed by atoms with Crippen LogP contribution in [0.2, 0.25) is 0 Å². The number of hydrogen-bond donors (Lipinski definition) is 1. The first-order chi connectivity index (χ1) is 5.17. The lowest BCUT2D eigenvalue weighted by Gasteiger charge is -1.92. The lowest BCUT2D eigenvalue weighted by molar-refractivity contribution is 0.602. The van der Waals surface area contributed by atoms with Crippen molar-refractivity contribution in [3.63, 3.8) is 0 Å². The monoisotopic (exact) mass is 170 g/mol. The van der Waals surface area contributed by atoms with Crippen molar-refractivity contribution in [1.82, 2.24) is 4.98 Å². The fourth-order valence-electron chi connectivity index (χ4n) is 1.03. The van der Waals surface area contributed by atoms with Crippen molar-refractivity contribution in [2.24, 2.45) is 0 Å². The minimum atomic E-state index is -3.12. The van der Waals surface area contributed by atoms with Crippen LogP contribution in [0, 0.1) is 0 Å². The van der Waals surface area contributed by atoms with Gasteiger partial charge in [-0.05, 0) is 12.1 Å². The molecule has 1 aromatic rings. The largest absolute Gasteiger partial charge is 0.281 e. The summed E-state index contributed by atoms with van der Waals surface area (Å²) in [6.45, 7) is 0. The summed E-state index contributed by atoms with van der Waals surface area (Å²) in [6.07, 6.45) is 1.58. The zero-order valence-electron chi connectivity index (χ0n) is 5.61. The van der Waals surface area contributed by atoms with Crippen molar-refractivity contribution in [2.45, 2.75) is 5.75 Å². The molecule has 2 heterocycles. The second-order valence-electron chi connectivity index (χ2n) is 2.36. The lowest BCUT2D eigenvalue weighted by atomic mass is 10.3. The Bertz CT molecular complexity index is 354. The zero-order valence-corrected chi connectivity index (χ0v) is 6.43. The molecule has 0 amide bonds. The van der Waals surface area contributed by atoms with Crippen molar-refractivity contribution in [2.75, 3.05) is 4.72 Å². The van der Waals surface area contributed by atoms with Crippen molar-refractivity contribution in [1.29, 1.82) is 0 Å². The summed E-state index contributed by atoms with van der Waals surface area (Å²) in [5.74, 6) is 0.00315. The molecule has 1 aromatic heterocycles. The Hall–Kier alpha value is -1.10. The van der Waals surface area contributed by atoms with Gasteiger partial charge in [-0.3, -0.25) is 9.71 Å². The van der Waals surface area contributed by atoms with E-state index >= 15 is 0 Å². The third kappa shape index (κ3) is 1.07. The van der Waals surface area contributed by atoms with E-state index in [0.717, 1.165) is 0 Å². The lowest BCUT2D eigenvalue weighted by Crippen LogP contribution is -2.05. The van der Waals surface area contributed by atoms with Gasteiger partial charge in [0.25, 0.3) is 0 Å². The van der Waals surface area contributed by atoms with E-state index in [-0.39, 0.29) is 5.75 Å². The van der Waals surface area contributed by atoms with E-state index in [1.165, 1.54) is 0 Å². The smallest absolute Gasteiger partial charge is 0.238 e. The predicted molar refractivity (Wildman–Crippen MR) is 40.5 cm³/mol. The minimum absolute atomic E-state index is 0.00315. The first-order valence-corrected chi connectivity index (χ1v) is 4.77. The van der Waals surface area contributed by atoms with Crippen molar-refractivity contribution < 1.29 is 8.42 Å². The van der Waals surface area contributed by atoms with Gasteiger partial charge in [-0.1, -0.05) is 0 Å². The number of pyridine rings is 1. The summed E-state index contributed by atoms with van der Waals surface area (Å²) in [7, 11) is -3.12. The number of fused-ring (bicyclic) bond motifs is 1. The molecule has 4 nitrogen and oxygen atoms in total. The van der Waals surface area contributed by atoms with Crippen LogP contribution in [-0.2, 0) is 15.8 Å². The van der Waals surface area contributed by atoms with E-state index in [9.17, 15) is 8.42 Å². The number of sulfonamides is 1. The third-order valence-corrected chi connectivity index (χ3v) is 2.67. The maximum atomic E-state index is 10.9. The Balaban J connectivity index is 2.57. The minimum Gasteiger partial charge on any atom is -0.281 e. The Morgan fingerprint density at radius 3 is 3.09 bits per heavy atom. The van der Waals surface area contributed by atoms with Gasteiger partial charge in [0.1, 0.15) is 5.75 Å². The number of anilines is 1. The molecule has 0 saturated carbocycles. The molecule has 0 fully saturated rings. The maximum absolute atomic E-state index is 10.9. The maximum Gasteiger partial charge on any atom is 0.238 e. The van der Waals surface area contributed by atoms with Crippen molar-refractivity contribution in [3.05, 3.63) is 24.0 Å². The van der Waals surface area contributed by atoms with Gasteiger partial charge in [-0.15, -0.1) is 0 Å². The van der Waals surface area contributed by atoms with Crippen LogP contribution in [0.4, 0.5) is 5.69 Å². The molecule has 0 atom stereocenters. The van der Waals surface area contributed by atoms with Gasteiger partial charge in [-0.2, -0.15) is 0 Å². The molecule has 0 aromatic carbocycles. The van der Waals surface area contributed by atoms with Crippen LogP contribution in [0.1, 0.15) is 5.69 Å². The molecule has 58 valence electrons. The van der Waals surface area contributed by atoms with E-state index in [4.69, 9.17) is 0 Å². The molecule has 2 rings (SSSR count). The van der Waals surface area contributed by atoms with Crippen LogP contribution in [0.15, 0.2) is 18.3 Å². The van der Waals surface area contributed by atoms with Crippen LogP contribution < -0.4 is 4.72 Å². The van der Waals surface area contributed by atoms with Crippen LogP contribution in [0.3, 0.4) is 0 Å². The number of nitrogens with zero attached hydrogens (tertiary/aromatic N) is 1. The molecular weight excluding hydrogens is 164 g/mol. The fourth-order valence-corrected chi connectivity index (χ4v) is 2.21. The molecular formula is C6H6N2O2S. The van der Waals surface area contributed by atoms with Gasteiger partial charge in [0.2, 0.25) is 10.0 Å². The van der Waals surface area contributed by atoms with Gasteiger partial charge in [-0.25, -0.2) is 8.42 Å². The Kier molecular flexibility index (Phi) is 1.17. The van der Waals surface area contributed by atoms with Crippen molar-refractivity contribution in [3.8, 4) is 0 Å². The SMILES string of the molecule is O=S1(=O)Cc2ncccc2N1. The Labute approximate surface area is 64.3 Å². The number of aromatic nitrogens is 1. The van der Waals surface area contributed by atoms with E-state index in [2.05, 4.69) is 9.71 Å². The molecule has 1 N–H and O–H groups in total. The fraction of sp³-hybridized carbons (Fsp3) is 0.167. The van der Waals surface area contributed by atoms with Crippen LogP contribution in [0.25, 0.3) is 0 Å². The highest BCUT2D eigenvalue weighted by Gasteiger charge is 2.23. The molecule has 0 spiro atoms. The van der Waals surface area contributed by atoms with E-state index in [1.54, 1.807) is 18.3 Å². The molecule has 5 heteroatoms. The predicted octanol–water partition coefficient (Wildman–Crippen LogP) is 0.337. The van der Waals surface area contributed by atoms with Crippen LogP contribution in [0.5, 0.6) is 0 Å². The van der Waals surface area contributed by atoms with E-state index in [1.807, 2.05) is 0 Å². The number of nitrogens with one attached hydrogen (secondary N) is 1. The first-order valence-electron chi connectivity index (χ1n) is 3.12. The molecule has 0 bridgehead atoms. The topological polar surface area (TPSA) is 59.1 Å². The molecule has 1 aliphatic rings. The summed E-state index contributed by atoms with van der Waals surface area (Å²) in [5, 5.41) is 0. The number of hydrogen-bond acceptors (Lipinski definition) is 3. The molecule has 0 unspecified atom stereocenters. The highest BCUT2D eigenvalue weighted by atomic mass is 32.2. The average molecular weight is 170 g/mol.